The third kappa shape index (κ3) is 4.20. The van der Waals surface area contributed by atoms with Crippen molar-refractivity contribution < 1.29 is 14.6 Å². The van der Waals surface area contributed by atoms with Crippen LogP contribution in [0.5, 0.6) is 5.75 Å². The van der Waals surface area contributed by atoms with Gasteiger partial charge in [0.1, 0.15) is 5.75 Å². The summed E-state index contributed by atoms with van der Waals surface area (Å²) in [6.07, 6.45) is 0.674. The molecule has 0 fully saturated rings. The molecular formula is C13H18ClNO3. The van der Waals surface area contributed by atoms with Crippen molar-refractivity contribution in [2.75, 3.05) is 13.2 Å². The van der Waals surface area contributed by atoms with E-state index in [9.17, 15) is 4.79 Å². The highest BCUT2D eigenvalue weighted by Gasteiger charge is 2.11. The summed E-state index contributed by atoms with van der Waals surface area (Å²) in [6, 6.07) is 5.17. The number of ether oxygens (including phenoxy) is 1. The lowest BCUT2D eigenvalue weighted by Gasteiger charge is -2.15. The number of benzene rings is 1. The summed E-state index contributed by atoms with van der Waals surface area (Å²) in [6.45, 7) is 3.57. The molecule has 1 aromatic carbocycles. The van der Waals surface area contributed by atoms with Crippen molar-refractivity contribution in [3.8, 4) is 5.75 Å². The highest BCUT2D eigenvalue weighted by atomic mass is 35.5. The van der Waals surface area contributed by atoms with Gasteiger partial charge < -0.3 is 15.2 Å². The zero-order chi connectivity index (χ0) is 13.5. The van der Waals surface area contributed by atoms with Crippen molar-refractivity contribution in [3.63, 3.8) is 0 Å². The Morgan fingerprint density at radius 1 is 1.56 bits per heavy atom. The number of hydrogen-bond donors (Lipinski definition) is 2. The summed E-state index contributed by atoms with van der Waals surface area (Å²) in [5, 5.41) is 12.1. The minimum Gasteiger partial charge on any atom is -0.482 e. The molecule has 1 rings (SSSR count). The molecule has 0 bridgehead atoms. The van der Waals surface area contributed by atoms with Gasteiger partial charge in [-0.1, -0.05) is 30.7 Å². The van der Waals surface area contributed by atoms with E-state index in [1.54, 1.807) is 6.07 Å². The lowest BCUT2D eigenvalue weighted by atomic mass is 10.2. The molecule has 100 valence electrons. The molecule has 1 amide bonds. The topological polar surface area (TPSA) is 58.6 Å². The number of nitrogens with one attached hydrogen (secondary N) is 1. The molecule has 1 aromatic rings. The Bertz CT molecular complexity index is 385. The monoisotopic (exact) mass is 271 g/mol. The molecule has 0 spiro atoms. The molecule has 1 unspecified atom stereocenters. The van der Waals surface area contributed by atoms with E-state index in [4.69, 9.17) is 21.4 Å². The standard InChI is InChI=1S/C13H18ClNO3/c1-3-10(7-16)15-12(17)8-18-13-9(2)5-4-6-11(13)14/h4-6,10,16H,3,7-8H2,1-2H3,(H,15,17). The summed E-state index contributed by atoms with van der Waals surface area (Å²) in [5.41, 5.74) is 0.879. The first-order valence-electron chi connectivity index (χ1n) is 5.86. The predicted molar refractivity (Wildman–Crippen MR) is 71.0 cm³/mol. The third-order valence-corrected chi connectivity index (χ3v) is 2.89. The zero-order valence-electron chi connectivity index (χ0n) is 10.6. The van der Waals surface area contributed by atoms with Gasteiger partial charge in [0.05, 0.1) is 17.7 Å². The highest BCUT2D eigenvalue weighted by Crippen LogP contribution is 2.27. The molecule has 5 heteroatoms. The second-order valence-electron chi connectivity index (χ2n) is 4.03. The molecule has 0 saturated heterocycles. The number of aliphatic hydroxyl groups excluding tert-OH is 1. The summed E-state index contributed by atoms with van der Waals surface area (Å²) < 4.78 is 5.39. The van der Waals surface area contributed by atoms with Crippen molar-refractivity contribution in [2.24, 2.45) is 0 Å². The van der Waals surface area contributed by atoms with Crippen molar-refractivity contribution in [3.05, 3.63) is 28.8 Å². The van der Waals surface area contributed by atoms with E-state index in [1.807, 2.05) is 26.0 Å². The molecular weight excluding hydrogens is 254 g/mol. The molecule has 2 N–H and O–H groups in total. The molecule has 0 saturated carbocycles. The molecule has 18 heavy (non-hydrogen) atoms. The number of aliphatic hydroxyl groups is 1. The number of halogens is 1. The van der Waals surface area contributed by atoms with Crippen LogP contribution in [0.1, 0.15) is 18.9 Å². The van der Waals surface area contributed by atoms with Crippen LogP contribution < -0.4 is 10.1 Å². The normalized spacial score (nSPS) is 12.0. The molecule has 0 radical (unpaired) electrons. The van der Waals surface area contributed by atoms with Crippen LogP contribution in [0.3, 0.4) is 0 Å². The maximum Gasteiger partial charge on any atom is 0.258 e. The highest BCUT2D eigenvalue weighted by molar-refractivity contribution is 6.32. The Balaban J connectivity index is 2.52. The Kier molecular flexibility index (Phi) is 5.95. The van der Waals surface area contributed by atoms with Crippen LogP contribution in [0.15, 0.2) is 18.2 Å². The first kappa shape index (κ1) is 14.8. The number of aryl methyl sites for hydroxylation is 1. The molecule has 0 aromatic heterocycles. The Hall–Kier alpha value is -1.26. The average molecular weight is 272 g/mol. The fraction of sp³-hybridized carbons (Fsp3) is 0.462. The largest absolute Gasteiger partial charge is 0.482 e. The van der Waals surface area contributed by atoms with Crippen LogP contribution in [-0.2, 0) is 4.79 Å². The van der Waals surface area contributed by atoms with E-state index in [0.717, 1.165) is 5.56 Å². The van der Waals surface area contributed by atoms with Gasteiger partial charge in [-0.25, -0.2) is 0 Å². The van der Waals surface area contributed by atoms with E-state index < -0.39 is 0 Å². The van der Waals surface area contributed by atoms with E-state index in [-0.39, 0.29) is 25.2 Å². The quantitative estimate of drug-likeness (QED) is 0.831. The Morgan fingerprint density at radius 2 is 2.28 bits per heavy atom. The first-order valence-corrected chi connectivity index (χ1v) is 6.24. The Morgan fingerprint density at radius 3 is 2.83 bits per heavy atom. The molecule has 4 nitrogen and oxygen atoms in total. The fourth-order valence-electron chi connectivity index (χ4n) is 1.48. The third-order valence-electron chi connectivity index (χ3n) is 2.59. The number of rotatable bonds is 6. The minimum atomic E-state index is -0.268. The van der Waals surface area contributed by atoms with Gasteiger partial charge in [-0.2, -0.15) is 0 Å². The van der Waals surface area contributed by atoms with Crippen molar-refractivity contribution >= 4 is 17.5 Å². The van der Waals surface area contributed by atoms with E-state index in [1.165, 1.54) is 0 Å². The van der Waals surface area contributed by atoms with E-state index >= 15 is 0 Å². The fourth-order valence-corrected chi connectivity index (χ4v) is 1.76. The second kappa shape index (κ2) is 7.24. The molecule has 0 aliphatic heterocycles. The van der Waals surface area contributed by atoms with Crippen LogP contribution >= 0.6 is 11.6 Å². The molecule has 1 atom stereocenters. The number of amides is 1. The van der Waals surface area contributed by atoms with Crippen molar-refractivity contribution in [1.82, 2.24) is 5.32 Å². The van der Waals surface area contributed by atoms with Crippen LogP contribution in [0, 0.1) is 6.92 Å². The lowest BCUT2D eigenvalue weighted by Crippen LogP contribution is -2.39. The van der Waals surface area contributed by atoms with E-state index in [2.05, 4.69) is 5.32 Å². The van der Waals surface area contributed by atoms with Gasteiger partial charge in [0.15, 0.2) is 6.61 Å². The van der Waals surface area contributed by atoms with Gasteiger partial charge in [0, 0.05) is 0 Å². The lowest BCUT2D eigenvalue weighted by molar-refractivity contribution is -0.124. The summed E-state index contributed by atoms with van der Waals surface area (Å²) in [5.74, 6) is 0.251. The number of carbonyl (C=O) groups is 1. The summed E-state index contributed by atoms with van der Waals surface area (Å²) in [7, 11) is 0. The van der Waals surface area contributed by atoms with Gasteiger partial charge in [-0.15, -0.1) is 0 Å². The first-order chi connectivity index (χ1) is 8.58. The van der Waals surface area contributed by atoms with E-state index in [0.29, 0.717) is 17.2 Å². The maximum absolute atomic E-state index is 11.6. The van der Waals surface area contributed by atoms with Gasteiger partial charge in [0.2, 0.25) is 0 Å². The van der Waals surface area contributed by atoms with Crippen LogP contribution in [-0.4, -0.2) is 30.3 Å². The van der Waals surface area contributed by atoms with Gasteiger partial charge in [0.25, 0.3) is 5.91 Å². The van der Waals surface area contributed by atoms with Crippen LogP contribution in [0.2, 0.25) is 5.02 Å². The zero-order valence-corrected chi connectivity index (χ0v) is 11.3. The smallest absolute Gasteiger partial charge is 0.258 e. The average Bonchev–Trinajstić information content (AvgIpc) is 2.35. The van der Waals surface area contributed by atoms with Crippen molar-refractivity contribution in [1.29, 1.82) is 0 Å². The van der Waals surface area contributed by atoms with Gasteiger partial charge in [-0.05, 0) is 25.0 Å². The van der Waals surface area contributed by atoms with Crippen molar-refractivity contribution in [2.45, 2.75) is 26.3 Å². The number of carbonyl (C=O) groups excluding carboxylic acids is 1. The summed E-state index contributed by atoms with van der Waals surface area (Å²) in [4.78, 5) is 11.6. The molecule has 0 aliphatic carbocycles. The van der Waals surface area contributed by atoms with Gasteiger partial charge in [-0.3, -0.25) is 4.79 Å². The minimum absolute atomic E-state index is 0.0760. The summed E-state index contributed by atoms with van der Waals surface area (Å²) >= 11 is 5.98. The van der Waals surface area contributed by atoms with Crippen LogP contribution in [0.4, 0.5) is 0 Å². The number of hydrogen-bond acceptors (Lipinski definition) is 3. The second-order valence-corrected chi connectivity index (χ2v) is 4.44. The predicted octanol–water partition coefficient (Wildman–Crippen LogP) is 1.91. The SMILES string of the molecule is CCC(CO)NC(=O)COc1c(C)cccc1Cl. The molecule has 0 heterocycles. The van der Waals surface area contributed by atoms with Gasteiger partial charge >= 0.3 is 0 Å². The number of para-hydroxylation sites is 1. The maximum atomic E-state index is 11.6. The Labute approximate surface area is 112 Å². The molecule has 0 aliphatic rings. The van der Waals surface area contributed by atoms with Crippen LogP contribution in [0.25, 0.3) is 0 Å².